The van der Waals surface area contributed by atoms with Crippen LogP contribution in [0.4, 0.5) is 28.0 Å². The molecule has 3 aromatic rings. The maximum Gasteiger partial charge on any atom is 0.573 e. The van der Waals surface area contributed by atoms with Crippen molar-refractivity contribution in [2.75, 3.05) is 25.0 Å². The van der Waals surface area contributed by atoms with Crippen LogP contribution < -0.4 is 20.9 Å². The standard InChI is InChI=1S/C30H35F4N7O6/c1-2-46-29(45)40-10-6-20(7-11-40)15-26(42)36-23-9-13-39(27(43)16-23)12-8-22(31)18-41-19-25(37-38-41)28(44)35-17-21-4-3-5-24(14-21)47-30(32,33)34/h3-5,9,13-14,16,19-20,22H,2,6-8,10-12,15,17-18H2,1H3,(H,35,44)(H,36,42). The van der Waals surface area contributed by atoms with E-state index in [0.29, 0.717) is 43.8 Å². The number of nitrogens with zero attached hydrogens (tertiary/aromatic N) is 5. The van der Waals surface area contributed by atoms with E-state index in [9.17, 15) is 36.7 Å². The molecule has 17 heteroatoms. The number of carbonyl (C=O) groups is 3. The van der Waals surface area contributed by atoms with Gasteiger partial charge < -0.3 is 29.6 Å². The summed E-state index contributed by atoms with van der Waals surface area (Å²) in [5.41, 5.74) is 0.142. The van der Waals surface area contributed by atoms with Gasteiger partial charge in [0.15, 0.2) is 5.69 Å². The van der Waals surface area contributed by atoms with Crippen LogP contribution in [0.5, 0.6) is 5.75 Å². The molecule has 1 atom stereocenters. The van der Waals surface area contributed by atoms with Crippen LogP contribution in [0.3, 0.4) is 0 Å². The molecule has 0 saturated carbocycles. The number of nitrogens with one attached hydrogen (secondary N) is 2. The van der Waals surface area contributed by atoms with Gasteiger partial charge in [-0.1, -0.05) is 17.3 Å². The summed E-state index contributed by atoms with van der Waals surface area (Å²) in [6, 6.07) is 7.94. The highest BCUT2D eigenvalue weighted by molar-refractivity contribution is 5.92. The minimum atomic E-state index is -4.84. The van der Waals surface area contributed by atoms with Gasteiger partial charge >= 0.3 is 12.5 Å². The number of benzene rings is 1. The molecule has 1 aliphatic rings. The summed E-state index contributed by atoms with van der Waals surface area (Å²) < 4.78 is 63.3. The van der Waals surface area contributed by atoms with Gasteiger partial charge in [-0.3, -0.25) is 14.4 Å². The second-order valence-corrected chi connectivity index (χ2v) is 10.9. The topological polar surface area (TPSA) is 150 Å². The Balaban J connectivity index is 1.18. The molecule has 0 aliphatic carbocycles. The van der Waals surface area contributed by atoms with Crippen LogP contribution in [-0.4, -0.2) is 74.6 Å². The van der Waals surface area contributed by atoms with E-state index in [-0.39, 0.29) is 56.1 Å². The van der Waals surface area contributed by atoms with Gasteiger partial charge in [0.05, 0.1) is 19.3 Å². The Bertz CT molecular complexity index is 1590. The lowest BCUT2D eigenvalue weighted by Gasteiger charge is -2.30. The summed E-state index contributed by atoms with van der Waals surface area (Å²) in [6.45, 7) is 2.78. The number of likely N-dealkylation sites (tertiary alicyclic amines) is 1. The van der Waals surface area contributed by atoms with E-state index in [1.807, 2.05) is 0 Å². The van der Waals surface area contributed by atoms with E-state index in [2.05, 4.69) is 25.7 Å². The first-order valence-electron chi connectivity index (χ1n) is 15.0. The smallest absolute Gasteiger partial charge is 0.450 e. The van der Waals surface area contributed by atoms with Crippen molar-refractivity contribution < 1.29 is 41.4 Å². The van der Waals surface area contributed by atoms with Gasteiger partial charge in [0.1, 0.15) is 11.9 Å². The van der Waals surface area contributed by atoms with Crippen molar-refractivity contribution in [2.24, 2.45) is 5.92 Å². The van der Waals surface area contributed by atoms with Crippen molar-refractivity contribution >= 4 is 23.6 Å². The van der Waals surface area contributed by atoms with Crippen LogP contribution in [0.1, 0.15) is 48.7 Å². The number of piperidine rings is 1. The number of pyridine rings is 1. The molecule has 1 unspecified atom stereocenters. The van der Waals surface area contributed by atoms with Crippen LogP contribution in [0.2, 0.25) is 0 Å². The molecular formula is C30H35F4N7O6. The Hall–Kier alpha value is -4.96. The van der Waals surface area contributed by atoms with Crippen molar-refractivity contribution in [1.29, 1.82) is 0 Å². The number of carbonyl (C=O) groups excluding carboxylic acids is 3. The summed E-state index contributed by atoms with van der Waals surface area (Å²) in [4.78, 5) is 51.0. The number of hydrogen-bond donors (Lipinski definition) is 2. The fourth-order valence-corrected chi connectivity index (χ4v) is 4.97. The molecule has 1 aromatic carbocycles. The lowest BCUT2D eigenvalue weighted by molar-refractivity contribution is -0.274. The van der Waals surface area contributed by atoms with E-state index >= 15 is 0 Å². The Morgan fingerprint density at radius 2 is 1.89 bits per heavy atom. The van der Waals surface area contributed by atoms with Crippen LogP contribution in [0.15, 0.2) is 53.6 Å². The molecule has 2 N–H and O–H groups in total. The van der Waals surface area contributed by atoms with Gasteiger partial charge in [-0.2, -0.15) is 0 Å². The molecule has 0 bridgehead atoms. The average molecular weight is 666 g/mol. The SMILES string of the molecule is CCOC(=O)N1CCC(CC(=O)Nc2ccn(CCC(F)Cn3cc(C(=O)NCc4cccc(OC(F)(F)F)c4)nn3)c(=O)c2)CC1. The maximum absolute atomic E-state index is 14.7. The molecule has 0 spiro atoms. The molecule has 3 amide bonds. The zero-order chi connectivity index (χ0) is 34.0. The largest absolute Gasteiger partial charge is 0.573 e. The highest BCUT2D eigenvalue weighted by Crippen LogP contribution is 2.24. The molecule has 2 aromatic heterocycles. The second kappa shape index (κ2) is 16.0. The molecule has 1 fully saturated rings. The number of aromatic nitrogens is 4. The summed E-state index contributed by atoms with van der Waals surface area (Å²) >= 11 is 0. The fraction of sp³-hybridized carbons (Fsp3) is 0.467. The molecule has 13 nitrogen and oxygen atoms in total. The van der Waals surface area contributed by atoms with Gasteiger partial charge in [0, 0.05) is 50.6 Å². The normalized spacial score (nSPS) is 14.4. The Morgan fingerprint density at radius 1 is 1.13 bits per heavy atom. The first-order chi connectivity index (χ1) is 22.4. The number of rotatable bonds is 13. The lowest BCUT2D eigenvalue weighted by Crippen LogP contribution is -2.39. The predicted octanol–water partition coefficient (Wildman–Crippen LogP) is 3.89. The molecule has 3 heterocycles. The molecule has 254 valence electrons. The van der Waals surface area contributed by atoms with Gasteiger partial charge in [0.25, 0.3) is 11.5 Å². The monoisotopic (exact) mass is 665 g/mol. The number of ether oxygens (including phenoxy) is 2. The Labute approximate surface area is 266 Å². The minimum absolute atomic E-state index is 0.0478. The quantitative estimate of drug-likeness (QED) is 0.261. The van der Waals surface area contributed by atoms with E-state index in [0.717, 1.165) is 16.8 Å². The number of aryl methyl sites for hydroxylation is 1. The van der Waals surface area contributed by atoms with Crippen LogP contribution in [0.25, 0.3) is 0 Å². The number of hydrogen-bond acceptors (Lipinski definition) is 8. The zero-order valence-corrected chi connectivity index (χ0v) is 25.5. The first-order valence-corrected chi connectivity index (χ1v) is 15.0. The predicted molar refractivity (Wildman–Crippen MR) is 159 cm³/mol. The average Bonchev–Trinajstić information content (AvgIpc) is 3.47. The van der Waals surface area contributed by atoms with E-state index in [4.69, 9.17) is 4.74 Å². The second-order valence-electron chi connectivity index (χ2n) is 10.9. The van der Waals surface area contributed by atoms with Crippen molar-refractivity contribution in [2.45, 2.75) is 64.8 Å². The van der Waals surface area contributed by atoms with Gasteiger partial charge in [0.2, 0.25) is 5.91 Å². The van der Waals surface area contributed by atoms with Crippen LogP contribution in [-0.2, 0) is 29.2 Å². The van der Waals surface area contributed by atoms with Crippen molar-refractivity contribution in [3.8, 4) is 5.75 Å². The maximum atomic E-state index is 14.7. The Morgan fingerprint density at radius 3 is 2.60 bits per heavy atom. The summed E-state index contributed by atoms with van der Waals surface area (Å²) in [5, 5.41) is 12.7. The van der Waals surface area contributed by atoms with Crippen LogP contribution in [0, 0.1) is 5.92 Å². The molecule has 47 heavy (non-hydrogen) atoms. The van der Waals surface area contributed by atoms with Crippen molar-refractivity contribution in [3.05, 3.63) is 70.4 Å². The Kier molecular flexibility index (Phi) is 11.9. The number of amides is 3. The summed E-state index contributed by atoms with van der Waals surface area (Å²) in [6.07, 6.45) is -2.39. The highest BCUT2D eigenvalue weighted by Gasteiger charge is 2.31. The van der Waals surface area contributed by atoms with Crippen molar-refractivity contribution in [1.82, 2.24) is 29.8 Å². The molecule has 0 radical (unpaired) electrons. The minimum Gasteiger partial charge on any atom is -0.450 e. The number of halogens is 4. The van der Waals surface area contributed by atoms with Gasteiger partial charge in [-0.05, 0) is 55.9 Å². The van der Waals surface area contributed by atoms with Crippen molar-refractivity contribution in [3.63, 3.8) is 0 Å². The molecule has 4 rings (SSSR count). The first kappa shape index (κ1) is 34.9. The molecule has 1 saturated heterocycles. The lowest BCUT2D eigenvalue weighted by atomic mass is 9.93. The van der Waals surface area contributed by atoms with Crippen LogP contribution >= 0.6 is 0 Å². The fourth-order valence-electron chi connectivity index (χ4n) is 4.97. The highest BCUT2D eigenvalue weighted by atomic mass is 19.4. The zero-order valence-electron chi connectivity index (χ0n) is 25.5. The van der Waals surface area contributed by atoms with Gasteiger partial charge in [-0.25, -0.2) is 13.9 Å². The summed E-state index contributed by atoms with van der Waals surface area (Å²) in [7, 11) is 0. The number of alkyl halides is 4. The third-order valence-corrected chi connectivity index (χ3v) is 7.32. The van der Waals surface area contributed by atoms with E-state index in [1.54, 1.807) is 17.9 Å². The van der Waals surface area contributed by atoms with E-state index in [1.165, 1.54) is 35.2 Å². The van der Waals surface area contributed by atoms with E-state index < -0.39 is 29.7 Å². The molecular weight excluding hydrogens is 630 g/mol. The molecule has 1 aliphatic heterocycles. The third-order valence-electron chi connectivity index (χ3n) is 7.32. The van der Waals surface area contributed by atoms with Gasteiger partial charge in [-0.15, -0.1) is 18.3 Å². The summed E-state index contributed by atoms with van der Waals surface area (Å²) in [5.74, 6) is -1.23. The number of anilines is 1. The third kappa shape index (κ3) is 11.1.